The van der Waals surface area contributed by atoms with Crippen LogP contribution < -0.4 is 5.32 Å². The fraction of sp³-hybridized carbons (Fsp3) is 0.0455. The molecule has 0 bridgehead atoms. The van der Waals surface area contributed by atoms with E-state index in [2.05, 4.69) is 15.4 Å². The lowest BCUT2D eigenvalue weighted by Gasteiger charge is -2.06. The van der Waals surface area contributed by atoms with Crippen LogP contribution in [0.1, 0.15) is 16.2 Å². The maximum absolute atomic E-state index is 12.8. The molecule has 1 N–H and O–H groups in total. The van der Waals surface area contributed by atoms with E-state index in [4.69, 9.17) is 34.8 Å². The van der Waals surface area contributed by atoms with E-state index in [9.17, 15) is 4.79 Å². The van der Waals surface area contributed by atoms with Crippen molar-refractivity contribution >= 4 is 46.4 Å². The summed E-state index contributed by atoms with van der Waals surface area (Å²) >= 11 is 18.2. The van der Waals surface area contributed by atoms with Crippen LogP contribution in [0.5, 0.6) is 0 Å². The second-order valence-corrected chi connectivity index (χ2v) is 7.88. The minimum atomic E-state index is -0.492. The van der Waals surface area contributed by atoms with Gasteiger partial charge in [0, 0.05) is 15.6 Å². The Morgan fingerprint density at radius 1 is 0.933 bits per heavy atom. The maximum atomic E-state index is 12.8. The minimum absolute atomic E-state index is 0.00318. The van der Waals surface area contributed by atoms with Gasteiger partial charge >= 0.3 is 0 Å². The minimum Gasteiger partial charge on any atom is -0.318 e. The number of amides is 1. The smallest absolute Gasteiger partial charge is 0.295 e. The van der Waals surface area contributed by atoms with Crippen molar-refractivity contribution < 1.29 is 4.79 Å². The molecule has 0 saturated heterocycles. The van der Waals surface area contributed by atoms with Gasteiger partial charge in [-0.15, -0.1) is 5.10 Å². The topological polar surface area (TPSA) is 59.8 Å². The van der Waals surface area contributed by atoms with Gasteiger partial charge in [-0.1, -0.05) is 64.6 Å². The Hall–Kier alpha value is -2.86. The molecule has 4 aromatic rings. The van der Waals surface area contributed by atoms with Gasteiger partial charge in [0.2, 0.25) is 5.82 Å². The van der Waals surface area contributed by atoms with Crippen molar-refractivity contribution in [3.05, 3.63) is 93.2 Å². The second-order valence-electron chi connectivity index (χ2n) is 6.60. The van der Waals surface area contributed by atoms with Crippen molar-refractivity contribution in [1.82, 2.24) is 14.8 Å². The number of carbonyl (C=O) groups excluding carboxylic acids is 1. The number of hydrogen-bond donors (Lipinski definition) is 1. The number of aromatic nitrogens is 3. The summed E-state index contributed by atoms with van der Waals surface area (Å²) in [6.07, 6.45) is 0. The van der Waals surface area contributed by atoms with Crippen molar-refractivity contribution in [1.29, 1.82) is 0 Å². The summed E-state index contributed by atoms with van der Waals surface area (Å²) in [5, 5.41) is 8.52. The second kappa shape index (κ2) is 8.48. The average molecular weight is 458 g/mol. The highest BCUT2D eigenvalue weighted by Gasteiger charge is 2.20. The molecule has 0 fully saturated rings. The Morgan fingerprint density at radius 3 is 2.37 bits per heavy atom. The van der Waals surface area contributed by atoms with Gasteiger partial charge in [-0.3, -0.25) is 4.79 Å². The zero-order chi connectivity index (χ0) is 21.3. The van der Waals surface area contributed by atoms with Crippen molar-refractivity contribution in [2.45, 2.75) is 6.92 Å². The summed E-state index contributed by atoms with van der Waals surface area (Å²) in [6, 6.07) is 19.8. The van der Waals surface area contributed by atoms with E-state index >= 15 is 0 Å². The highest BCUT2D eigenvalue weighted by atomic mass is 35.5. The van der Waals surface area contributed by atoms with E-state index in [1.807, 2.05) is 43.3 Å². The predicted octanol–water partition coefficient (Wildman–Crippen LogP) is 6.46. The van der Waals surface area contributed by atoms with Crippen LogP contribution in [-0.4, -0.2) is 20.7 Å². The van der Waals surface area contributed by atoms with Gasteiger partial charge in [-0.05, 0) is 49.4 Å². The van der Waals surface area contributed by atoms with Crippen molar-refractivity contribution in [2.75, 3.05) is 5.32 Å². The third kappa shape index (κ3) is 4.33. The first-order valence-electron chi connectivity index (χ1n) is 8.97. The summed E-state index contributed by atoms with van der Waals surface area (Å²) in [7, 11) is 0. The van der Waals surface area contributed by atoms with E-state index in [1.54, 1.807) is 35.0 Å². The number of nitrogens with one attached hydrogen (secondary N) is 1. The highest BCUT2D eigenvalue weighted by molar-refractivity contribution is 6.36. The summed E-state index contributed by atoms with van der Waals surface area (Å²) in [5.74, 6) is -0.00126. The van der Waals surface area contributed by atoms with Crippen LogP contribution in [-0.2, 0) is 0 Å². The summed E-state index contributed by atoms with van der Waals surface area (Å²) in [6.45, 7) is 2.00. The molecule has 0 unspecified atom stereocenters. The molecule has 150 valence electrons. The lowest BCUT2D eigenvalue weighted by Crippen LogP contribution is -2.14. The highest BCUT2D eigenvalue weighted by Crippen LogP contribution is 2.27. The van der Waals surface area contributed by atoms with E-state index < -0.39 is 5.91 Å². The van der Waals surface area contributed by atoms with Gasteiger partial charge in [0.25, 0.3) is 5.91 Å². The number of carbonyl (C=O) groups is 1. The van der Waals surface area contributed by atoms with Crippen LogP contribution in [0.25, 0.3) is 17.1 Å². The van der Waals surface area contributed by atoms with Crippen LogP contribution in [0.3, 0.4) is 0 Å². The molecule has 0 radical (unpaired) electrons. The number of rotatable bonds is 4. The molecule has 30 heavy (non-hydrogen) atoms. The van der Waals surface area contributed by atoms with Crippen LogP contribution in [0.15, 0.2) is 66.7 Å². The molecule has 1 heterocycles. The first-order valence-corrected chi connectivity index (χ1v) is 10.1. The largest absolute Gasteiger partial charge is 0.318 e. The number of benzene rings is 3. The molecule has 0 spiro atoms. The quantitative estimate of drug-likeness (QED) is 0.383. The van der Waals surface area contributed by atoms with Gasteiger partial charge in [-0.25, -0.2) is 9.67 Å². The Kier molecular flexibility index (Phi) is 5.77. The molecular weight excluding hydrogens is 443 g/mol. The van der Waals surface area contributed by atoms with Crippen molar-refractivity contribution in [2.24, 2.45) is 0 Å². The van der Waals surface area contributed by atoms with E-state index in [0.29, 0.717) is 26.6 Å². The third-order valence-corrected chi connectivity index (χ3v) is 5.13. The SMILES string of the molecule is Cc1ccc(-n2nc(C(=O)Nc3ccc(Cl)cc3Cl)nc2-c2cccc(Cl)c2)cc1. The van der Waals surface area contributed by atoms with Gasteiger partial charge in [-0.2, -0.15) is 0 Å². The van der Waals surface area contributed by atoms with Crippen LogP contribution in [0.2, 0.25) is 15.1 Å². The number of nitrogens with zero attached hydrogens (tertiary/aromatic N) is 3. The van der Waals surface area contributed by atoms with Crippen molar-refractivity contribution in [3.63, 3.8) is 0 Å². The Balaban J connectivity index is 1.76. The monoisotopic (exact) mass is 456 g/mol. The molecule has 0 aliphatic carbocycles. The number of aryl methyl sites for hydroxylation is 1. The Bertz CT molecular complexity index is 1240. The summed E-state index contributed by atoms with van der Waals surface area (Å²) in [5.41, 5.74) is 3.03. The summed E-state index contributed by atoms with van der Waals surface area (Å²) < 4.78 is 1.61. The Labute approximate surface area is 188 Å². The first kappa shape index (κ1) is 20.4. The van der Waals surface area contributed by atoms with Crippen LogP contribution in [0, 0.1) is 6.92 Å². The van der Waals surface area contributed by atoms with Crippen LogP contribution >= 0.6 is 34.8 Å². The molecule has 1 aromatic heterocycles. The van der Waals surface area contributed by atoms with Gasteiger partial charge < -0.3 is 5.32 Å². The molecule has 0 aliphatic rings. The zero-order valence-electron chi connectivity index (χ0n) is 15.7. The molecule has 5 nitrogen and oxygen atoms in total. The molecular formula is C22H15Cl3N4O. The number of hydrogen-bond acceptors (Lipinski definition) is 3. The molecule has 0 saturated carbocycles. The summed E-state index contributed by atoms with van der Waals surface area (Å²) in [4.78, 5) is 17.3. The molecule has 1 amide bonds. The van der Waals surface area contributed by atoms with E-state index in [0.717, 1.165) is 16.8 Å². The average Bonchev–Trinajstić information content (AvgIpc) is 3.16. The molecule has 3 aromatic carbocycles. The van der Waals surface area contributed by atoms with Crippen molar-refractivity contribution in [3.8, 4) is 17.1 Å². The van der Waals surface area contributed by atoms with Gasteiger partial charge in [0.1, 0.15) is 0 Å². The van der Waals surface area contributed by atoms with E-state index in [-0.39, 0.29) is 5.82 Å². The molecule has 4 rings (SSSR count). The lowest BCUT2D eigenvalue weighted by atomic mass is 10.2. The standard InChI is InChI=1S/C22H15Cl3N4O/c1-13-5-8-17(9-6-13)29-21(14-3-2-4-15(23)11-14)27-20(28-29)22(30)26-19-10-7-16(24)12-18(19)25/h2-12H,1H3,(H,26,30). The predicted molar refractivity (Wildman–Crippen MR) is 121 cm³/mol. The van der Waals surface area contributed by atoms with Gasteiger partial charge in [0.05, 0.1) is 16.4 Å². The number of halogens is 3. The maximum Gasteiger partial charge on any atom is 0.295 e. The fourth-order valence-corrected chi connectivity index (χ4v) is 3.50. The molecule has 0 aliphatic heterocycles. The van der Waals surface area contributed by atoms with E-state index in [1.165, 1.54) is 0 Å². The lowest BCUT2D eigenvalue weighted by molar-refractivity contribution is 0.101. The Morgan fingerprint density at radius 2 is 1.67 bits per heavy atom. The molecule has 0 atom stereocenters. The first-order chi connectivity index (χ1) is 14.4. The molecule has 8 heteroatoms. The third-order valence-electron chi connectivity index (χ3n) is 4.35. The van der Waals surface area contributed by atoms with Crippen LogP contribution in [0.4, 0.5) is 5.69 Å². The normalized spacial score (nSPS) is 10.8. The van der Waals surface area contributed by atoms with Gasteiger partial charge in [0.15, 0.2) is 5.82 Å². The fourth-order valence-electron chi connectivity index (χ4n) is 2.86. The zero-order valence-corrected chi connectivity index (χ0v) is 18.0. The number of anilines is 1.